The second kappa shape index (κ2) is 6.68. The van der Waals surface area contributed by atoms with Crippen LogP contribution in [0.25, 0.3) is 5.69 Å². The van der Waals surface area contributed by atoms with Crippen molar-refractivity contribution in [2.24, 2.45) is 0 Å². The summed E-state index contributed by atoms with van der Waals surface area (Å²) in [5, 5.41) is 6.70. The zero-order valence-corrected chi connectivity index (χ0v) is 13.8. The second-order valence-corrected chi connectivity index (χ2v) is 5.68. The Balaban J connectivity index is 2.00. The van der Waals surface area contributed by atoms with Crippen LogP contribution in [0.3, 0.4) is 0 Å². The highest BCUT2D eigenvalue weighted by atomic mass is 19.1. The van der Waals surface area contributed by atoms with E-state index in [4.69, 9.17) is 0 Å². The molecule has 0 spiro atoms. The maximum atomic E-state index is 14.0. The maximum absolute atomic E-state index is 14.0. The normalized spacial score (nSPS) is 10.5. The van der Waals surface area contributed by atoms with Gasteiger partial charge in [-0.15, -0.1) is 0 Å². The number of aryl methyl sites for hydroxylation is 2. The summed E-state index contributed by atoms with van der Waals surface area (Å²) in [5.74, 6) is -1.13. The molecule has 25 heavy (non-hydrogen) atoms. The summed E-state index contributed by atoms with van der Waals surface area (Å²) in [6, 6.07) is 14.5. The summed E-state index contributed by atoms with van der Waals surface area (Å²) in [6.45, 7) is 3.56. The smallest absolute Gasteiger partial charge is 0.280 e. The third-order valence-electron chi connectivity index (χ3n) is 3.71. The Labute approximate surface area is 143 Å². The fourth-order valence-electron chi connectivity index (χ4n) is 2.40. The highest BCUT2D eigenvalue weighted by molar-refractivity contribution is 6.02. The summed E-state index contributed by atoms with van der Waals surface area (Å²) in [5.41, 5.74) is 1.39. The number of halogens is 1. The van der Waals surface area contributed by atoms with Crippen LogP contribution in [-0.4, -0.2) is 15.7 Å². The highest BCUT2D eigenvalue weighted by Crippen LogP contribution is 2.14. The van der Waals surface area contributed by atoms with Gasteiger partial charge in [0.05, 0.1) is 0 Å². The van der Waals surface area contributed by atoms with Crippen molar-refractivity contribution in [1.29, 1.82) is 0 Å². The third kappa shape index (κ3) is 3.47. The first-order chi connectivity index (χ1) is 12.0. The first kappa shape index (κ1) is 16.6. The van der Waals surface area contributed by atoms with Gasteiger partial charge < -0.3 is 5.32 Å². The molecule has 0 saturated carbocycles. The lowest BCUT2D eigenvalue weighted by molar-refractivity contribution is 0.101. The number of anilines is 1. The van der Waals surface area contributed by atoms with Gasteiger partial charge in [0.1, 0.15) is 11.5 Å². The molecule has 0 fully saturated rings. The maximum Gasteiger partial charge on any atom is 0.280 e. The topological polar surface area (TPSA) is 64.0 Å². The van der Waals surface area contributed by atoms with Gasteiger partial charge in [-0.25, -0.2) is 9.07 Å². The van der Waals surface area contributed by atoms with Crippen LogP contribution < -0.4 is 10.7 Å². The highest BCUT2D eigenvalue weighted by Gasteiger charge is 2.16. The van der Waals surface area contributed by atoms with Crippen LogP contribution in [0, 0.1) is 19.7 Å². The molecule has 0 atom stereocenters. The van der Waals surface area contributed by atoms with Crippen molar-refractivity contribution >= 4 is 11.6 Å². The molecule has 1 amide bonds. The Morgan fingerprint density at radius 1 is 1.08 bits per heavy atom. The molecule has 126 valence electrons. The van der Waals surface area contributed by atoms with Crippen LogP contribution in [-0.2, 0) is 0 Å². The zero-order valence-electron chi connectivity index (χ0n) is 13.8. The van der Waals surface area contributed by atoms with Gasteiger partial charge in [0.25, 0.3) is 5.91 Å². The van der Waals surface area contributed by atoms with Crippen molar-refractivity contribution in [3.8, 4) is 5.69 Å². The van der Waals surface area contributed by atoms with Crippen LogP contribution in [0.4, 0.5) is 10.1 Å². The molecule has 3 aromatic rings. The van der Waals surface area contributed by atoms with E-state index in [-0.39, 0.29) is 11.4 Å². The average molecular weight is 337 g/mol. The Kier molecular flexibility index (Phi) is 4.43. The minimum absolute atomic E-state index is 0.171. The molecule has 0 saturated heterocycles. The van der Waals surface area contributed by atoms with E-state index in [9.17, 15) is 14.0 Å². The van der Waals surface area contributed by atoms with Crippen molar-refractivity contribution in [3.63, 3.8) is 0 Å². The van der Waals surface area contributed by atoms with E-state index < -0.39 is 17.2 Å². The predicted molar refractivity (Wildman–Crippen MR) is 93.7 cm³/mol. The van der Waals surface area contributed by atoms with E-state index in [1.54, 1.807) is 31.2 Å². The number of benzene rings is 2. The Morgan fingerprint density at radius 2 is 1.76 bits per heavy atom. The molecular weight excluding hydrogens is 321 g/mol. The number of nitrogens with one attached hydrogen (secondary N) is 1. The number of hydrogen-bond acceptors (Lipinski definition) is 3. The summed E-state index contributed by atoms with van der Waals surface area (Å²) < 4.78 is 15.3. The van der Waals surface area contributed by atoms with Gasteiger partial charge in [-0.2, -0.15) is 5.10 Å². The zero-order chi connectivity index (χ0) is 18.0. The Morgan fingerprint density at radius 3 is 2.44 bits per heavy atom. The molecule has 2 aromatic carbocycles. The minimum Gasteiger partial charge on any atom is -0.320 e. The van der Waals surface area contributed by atoms with Crippen LogP contribution in [0.15, 0.2) is 59.4 Å². The molecule has 1 heterocycles. The fourth-order valence-corrected chi connectivity index (χ4v) is 2.40. The molecule has 0 aliphatic heterocycles. The third-order valence-corrected chi connectivity index (χ3v) is 3.71. The monoisotopic (exact) mass is 337 g/mol. The van der Waals surface area contributed by atoms with E-state index in [2.05, 4.69) is 10.4 Å². The minimum atomic E-state index is -0.640. The predicted octanol–water partition coefficient (Wildman–Crippen LogP) is 3.24. The molecule has 6 heteroatoms. The van der Waals surface area contributed by atoms with Gasteiger partial charge >= 0.3 is 0 Å². The molecule has 0 aliphatic rings. The van der Waals surface area contributed by atoms with E-state index in [0.29, 0.717) is 11.4 Å². The van der Waals surface area contributed by atoms with Crippen molar-refractivity contribution in [2.75, 3.05) is 5.32 Å². The number of hydrogen-bond donors (Lipinski definition) is 1. The van der Waals surface area contributed by atoms with Crippen LogP contribution in [0.1, 0.15) is 21.7 Å². The van der Waals surface area contributed by atoms with Gasteiger partial charge in [-0.05, 0) is 38.1 Å². The van der Waals surface area contributed by atoms with Crippen molar-refractivity contribution in [3.05, 3.63) is 87.6 Å². The first-order valence-electron chi connectivity index (χ1n) is 7.69. The van der Waals surface area contributed by atoms with Crippen LogP contribution in [0.5, 0.6) is 0 Å². The van der Waals surface area contributed by atoms with Crippen molar-refractivity contribution in [1.82, 2.24) is 9.78 Å². The molecule has 1 N–H and O–H groups in total. The summed E-state index contributed by atoms with van der Waals surface area (Å²) >= 11 is 0. The molecule has 0 bridgehead atoms. The number of carbonyl (C=O) groups excluding carboxylic acids is 1. The number of nitrogens with zero attached hydrogens (tertiary/aromatic N) is 2. The summed E-state index contributed by atoms with van der Waals surface area (Å²) in [7, 11) is 0. The van der Waals surface area contributed by atoms with Gasteiger partial charge in [0.15, 0.2) is 5.69 Å². The standard InChI is InChI=1S/C19H16FN3O2/c1-12-7-9-14(10-8-12)21-19(25)18-17(24)11-13(2)23(22-18)16-6-4-3-5-15(16)20/h3-11H,1-2H3,(H,21,25). The van der Waals surface area contributed by atoms with E-state index >= 15 is 0 Å². The number of carbonyl (C=O) groups is 1. The molecule has 0 aliphatic carbocycles. The van der Waals surface area contributed by atoms with Crippen LogP contribution in [0.2, 0.25) is 0 Å². The molecular formula is C19H16FN3O2. The second-order valence-electron chi connectivity index (χ2n) is 5.68. The quantitative estimate of drug-likeness (QED) is 0.798. The number of aromatic nitrogens is 2. The van der Waals surface area contributed by atoms with Gasteiger partial charge in [0.2, 0.25) is 5.43 Å². The SMILES string of the molecule is Cc1ccc(NC(=O)c2nn(-c3ccccc3F)c(C)cc2=O)cc1. The number of rotatable bonds is 3. The largest absolute Gasteiger partial charge is 0.320 e. The van der Waals surface area contributed by atoms with E-state index in [0.717, 1.165) is 5.56 Å². The number of amides is 1. The summed E-state index contributed by atoms with van der Waals surface area (Å²) in [4.78, 5) is 24.6. The lowest BCUT2D eigenvalue weighted by atomic mass is 10.2. The average Bonchev–Trinajstić information content (AvgIpc) is 2.58. The molecule has 0 unspecified atom stereocenters. The summed E-state index contributed by atoms with van der Waals surface area (Å²) in [6.07, 6.45) is 0. The first-order valence-corrected chi connectivity index (χ1v) is 7.69. The Bertz CT molecular complexity index is 994. The Hall–Kier alpha value is -3.28. The molecule has 3 rings (SSSR count). The molecule has 0 radical (unpaired) electrons. The van der Waals surface area contributed by atoms with Crippen LogP contribution >= 0.6 is 0 Å². The van der Waals surface area contributed by atoms with E-state index in [1.807, 2.05) is 19.1 Å². The lowest BCUT2D eigenvalue weighted by Gasteiger charge is -2.12. The molecule has 1 aromatic heterocycles. The van der Waals surface area contributed by atoms with Crippen molar-refractivity contribution < 1.29 is 9.18 Å². The van der Waals surface area contributed by atoms with E-state index in [1.165, 1.54) is 22.9 Å². The van der Waals surface area contributed by atoms with Gasteiger partial charge in [-0.1, -0.05) is 29.8 Å². The van der Waals surface area contributed by atoms with Crippen molar-refractivity contribution in [2.45, 2.75) is 13.8 Å². The molecule has 5 nitrogen and oxygen atoms in total. The van der Waals surface area contributed by atoms with Gasteiger partial charge in [0, 0.05) is 17.4 Å². The number of para-hydroxylation sites is 1. The lowest BCUT2D eigenvalue weighted by Crippen LogP contribution is -2.27. The fraction of sp³-hybridized carbons (Fsp3) is 0.105. The van der Waals surface area contributed by atoms with Gasteiger partial charge in [-0.3, -0.25) is 9.59 Å².